The predicted octanol–water partition coefficient (Wildman–Crippen LogP) is 3.71. The van der Waals surface area contributed by atoms with Crippen molar-refractivity contribution in [2.24, 2.45) is 0 Å². The molecule has 3 rings (SSSR count). The van der Waals surface area contributed by atoms with E-state index in [2.05, 4.69) is 9.64 Å². The lowest BCUT2D eigenvalue weighted by atomic mass is 9.90. The zero-order chi connectivity index (χ0) is 17.5. The normalized spacial score (nSPS) is 25.3. The second-order valence-electron chi connectivity index (χ2n) is 5.96. The first kappa shape index (κ1) is 17.2. The molecule has 0 amide bonds. The van der Waals surface area contributed by atoms with Crippen LogP contribution in [0.4, 0.5) is 22.0 Å². The molecule has 2 bridgehead atoms. The van der Waals surface area contributed by atoms with E-state index in [0.717, 1.165) is 29.7 Å². The molecular formula is C16H16F5NO2. The molecule has 2 atom stereocenters. The van der Waals surface area contributed by atoms with Gasteiger partial charge < -0.3 is 9.47 Å². The smallest absolute Gasteiger partial charge is 0.426 e. The number of halogens is 5. The molecule has 1 aromatic carbocycles. The van der Waals surface area contributed by atoms with Gasteiger partial charge in [-0.1, -0.05) is 18.2 Å². The maximum atomic E-state index is 12.9. The van der Waals surface area contributed by atoms with Crippen molar-refractivity contribution in [2.75, 3.05) is 20.3 Å². The molecule has 2 aliphatic heterocycles. The monoisotopic (exact) mass is 349 g/mol. The zero-order valence-corrected chi connectivity index (χ0v) is 12.8. The van der Waals surface area contributed by atoms with E-state index in [0.29, 0.717) is 13.2 Å². The Bertz CT molecular complexity index is 626. The van der Waals surface area contributed by atoms with Crippen LogP contribution in [-0.4, -0.2) is 49.5 Å². The molecule has 2 heterocycles. The van der Waals surface area contributed by atoms with Gasteiger partial charge in [0, 0.05) is 6.04 Å². The summed E-state index contributed by atoms with van der Waals surface area (Å²) in [6.07, 6.45) is -8.20. The minimum Gasteiger partial charge on any atom is -0.426 e. The van der Waals surface area contributed by atoms with Crippen LogP contribution in [0.2, 0.25) is 0 Å². The molecule has 1 fully saturated rings. The van der Waals surface area contributed by atoms with Crippen molar-refractivity contribution in [3.8, 4) is 5.75 Å². The molecule has 1 saturated heterocycles. The van der Waals surface area contributed by atoms with Gasteiger partial charge in [0.05, 0.1) is 19.3 Å². The third kappa shape index (κ3) is 3.25. The lowest BCUT2D eigenvalue weighted by molar-refractivity contribution is -0.360. The highest BCUT2D eigenvalue weighted by Gasteiger charge is 2.61. The lowest BCUT2D eigenvalue weighted by Crippen LogP contribution is -2.51. The average Bonchev–Trinajstić information content (AvgIpc) is 2.46. The third-order valence-corrected chi connectivity index (χ3v) is 4.35. The van der Waals surface area contributed by atoms with Crippen LogP contribution in [-0.2, 0) is 4.74 Å². The summed E-state index contributed by atoms with van der Waals surface area (Å²) < 4.78 is 71.6. The summed E-state index contributed by atoms with van der Waals surface area (Å²) in [5.74, 6) is -0.530. The number of morpholine rings is 1. The molecule has 0 N–H and O–H groups in total. The number of likely N-dealkylation sites (N-methyl/N-ethyl adjacent to an activating group) is 1. The van der Waals surface area contributed by atoms with Crippen molar-refractivity contribution in [1.29, 1.82) is 0 Å². The van der Waals surface area contributed by atoms with Crippen LogP contribution in [0, 0.1) is 0 Å². The molecule has 3 nitrogen and oxygen atoms in total. The van der Waals surface area contributed by atoms with E-state index >= 15 is 0 Å². The van der Waals surface area contributed by atoms with Gasteiger partial charge in [0.1, 0.15) is 5.75 Å². The summed E-state index contributed by atoms with van der Waals surface area (Å²) >= 11 is 0. The largest absolute Gasteiger partial charge is 0.499 e. The van der Waals surface area contributed by atoms with Gasteiger partial charge >= 0.3 is 12.3 Å². The molecule has 0 spiro atoms. The lowest BCUT2D eigenvalue weighted by Gasteiger charge is -2.42. The third-order valence-electron chi connectivity index (χ3n) is 4.35. The summed E-state index contributed by atoms with van der Waals surface area (Å²) in [6.45, 7) is 1.19. The van der Waals surface area contributed by atoms with Gasteiger partial charge in [-0.3, -0.25) is 4.90 Å². The number of fused-ring (bicyclic) bond motifs is 2. The quantitative estimate of drug-likeness (QED) is 0.777. The van der Waals surface area contributed by atoms with E-state index in [1.54, 1.807) is 0 Å². The van der Waals surface area contributed by atoms with E-state index < -0.39 is 18.0 Å². The first-order valence-electron chi connectivity index (χ1n) is 7.42. The Morgan fingerprint density at radius 2 is 1.75 bits per heavy atom. The maximum Gasteiger partial charge on any atom is 0.499 e. The predicted molar refractivity (Wildman–Crippen MR) is 76.8 cm³/mol. The van der Waals surface area contributed by atoms with E-state index in [1.165, 1.54) is 12.1 Å². The second-order valence-corrected chi connectivity index (χ2v) is 5.96. The fourth-order valence-corrected chi connectivity index (χ4v) is 2.91. The Labute approximate surface area is 135 Å². The summed E-state index contributed by atoms with van der Waals surface area (Å²) in [5.41, 5.74) is 1.81. The average molecular weight is 349 g/mol. The van der Waals surface area contributed by atoms with Gasteiger partial charge in [-0.15, -0.1) is 0 Å². The fourth-order valence-electron chi connectivity index (χ4n) is 2.91. The van der Waals surface area contributed by atoms with Crippen molar-refractivity contribution < 1.29 is 31.4 Å². The van der Waals surface area contributed by atoms with Gasteiger partial charge in [-0.2, -0.15) is 22.0 Å². The van der Waals surface area contributed by atoms with Gasteiger partial charge in [0.25, 0.3) is 0 Å². The second kappa shape index (κ2) is 6.00. The number of rotatable bonds is 3. The van der Waals surface area contributed by atoms with Crippen molar-refractivity contribution in [3.05, 3.63) is 35.9 Å². The number of hydrogen-bond donors (Lipinski definition) is 0. The Morgan fingerprint density at radius 1 is 1.08 bits per heavy atom. The summed E-state index contributed by atoms with van der Waals surface area (Å²) in [4.78, 5) is 2.22. The molecule has 0 radical (unpaired) electrons. The topological polar surface area (TPSA) is 21.7 Å². The van der Waals surface area contributed by atoms with E-state index in [4.69, 9.17) is 4.74 Å². The Morgan fingerprint density at radius 3 is 2.33 bits per heavy atom. The molecule has 2 unspecified atom stereocenters. The van der Waals surface area contributed by atoms with Crippen LogP contribution in [0.3, 0.4) is 0 Å². The number of ether oxygens (including phenoxy) is 2. The van der Waals surface area contributed by atoms with Crippen molar-refractivity contribution >= 4 is 5.57 Å². The first-order valence-corrected chi connectivity index (χ1v) is 7.42. The molecule has 0 aromatic heterocycles. The summed E-state index contributed by atoms with van der Waals surface area (Å²) in [5, 5.41) is 0. The highest BCUT2D eigenvalue weighted by Crippen LogP contribution is 2.38. The van der Waals surface area contributed by atoms with Crippen LogP contribution in [0.1, 0.15) is 12.0 Å². The number of alkyl halides is 5. The molecule has 132 valence electrons. The van der Waals surface area contributed by atoms with Crippen LogP contribution in [0.5, 0.6) is 5.75 Å². The highest BCUT2D eigenvalue weighted by atomic mass is 19.4. The summed E-state index contributed by atoms with van der Waals surface area (Å²) in [6, 6.07) is 5.61. The Balaban J connectivity index is 1.76. The van der Waals surface area contributed by atoms with Crippen LogP contribution in [0.25, 0.3) is 5.57 Å². The van der Waals surface area contributed by atoms with Crippen LogP contribution < -0.4 is 4.74 Å². The Kier molecular flexibility index (Phi) is 4.29. The van der Waals surface area contributed by atoms with Crippen LogP contribution in [0.15, 0.2) is 30.3 Å². The molecular weight excluding hydrogens is 333 g/mol. The van der Waals surface area contributed by atoms with Crippen LogP contribution >= 0.6 is 0 Å². The van der Waals surface area contributed by atoms with E-state index in [-0.39, 0.29) is 12.1 Å². The maximum absolute atomic E-state index is 12.9. The SMILES string of the molecule is CN1C2C=C(c3ccc(OC(F)(F)C(F)(F)F)cc3)CC1COC2. The minimum absolute atomic E-state index is 0.137. The van der Waals surface area contributed by atoms with Crippen molar-refractivity contribution in [3.63, 3.8) is 0 Å². The van der Waals surface area contributed by atoms with Crippen molar-refractivity contribution in [1.82, 2.24) is 4.90 Å². The molecule has 24 heavy (non-hydrogen) atoms. The molecule has 0 aliphatic carbocycles. The van der Waals surface area contributed by atoms with Gasteiger partial charge in [0.15, 0.2) is 0 Å². The molecule has 8 heteroatoms. The molecule has 0 saturated carbocycles. The molecule has 1 aromatic rings. The number of benzene rings is 1. The highest BCUT2D eigenvalue weighted by molar-refractivity contribution is 5.68. The van der Waals surface area contributed by atoms with E-state index in [9.17, 15) is 22.0 Å². The first-order chi connectivity index (χ1) is 11.2. The number of nitrogens with zero attached hydrogens (tertiary/aromatic N) is 1. The standard InChI is InChI=1S/C16H16F5NO2/c1-22-12-6-11(7-13(22)9-23-8-12)10-2-4-14(5-3-10)24-16(20,21)15(17,18)19/h2-6,12-13H,7-9H2,1H3. The summed E-state index contributed by atoms with van der Waals surface area (Å²) in [7, 11) is 2.02. The van der Waals surface area contributed by atoms with E-state index in [1.807, 2.05) is 13.1 Å². The minimum atomic E-state index is -5.75. The van der Waals surface area contributed by atoms with Crippen molar-refractivity contribution in [2.45, 2.75) is 30.8 Å². The van der Waals surface area contributed by atoms with Gasteiger partial charge in [0.2, 0.25) is 0 Å². The molecule has 2 aliphatic rings. The van der Waals surface area contributed by atoms with Gasteiger partial charge in [-0.05, 0) is 36.7 Å². The fraction of sp³-hybridized carbons (Fsp3) is 0.500. The van der Waals surface area contributed by atoms with Gasteiger partial charge in [-0.25, -0.2) is 0 Å². The number of hydrogen-bond acceptors (Lipinski definition) is 3. The Hall–Kier alpha value is -1.67. The zero-order valence-electron chi connectivity index (χ0n) is 12.8.